The fourth-order valence-electron chi connectivity index (χ4n) is 1.91. The van der Waals surface area contributed by atoms with Gasteiger partial charge in [-0.25, -0.2) is 18.2 Å². The first-order chi connectivity index (χ1) is 11.4. The van der Waals surface area contributed by atoms with Crippen LogP contribution in [-0.4, -0.2) is 37.6 Å². The van der Waals surface area contributed by atoms with E-state index in [-0.39, 0.29) is 23.7 Å². The van der Waals surface area contributed by atoms with Gasteiger partial charge in [-0.3, -0.25) is 9.59 Å². The lowest BCUT2D eigenvalue weighted by molar-refractivity contribution is 0.0948. The van der Waals surface area contributed by atoms with Crippen LogP contribution < -0.4 is 15.6 Å². The molecule has 2 rings (SSSR count). The first-order valence-corrected chi connectivity index (χ1v) is 8.83. The molecule has 0 spiro atoms. The van der Waals surface area contributed by atoms with Crippen molar-refractivity contribution in [2.45, 2.75) is 18.2 Å². The van der Waals surface area contributed by atoms with E-state index in [0.717, 1.165) is 12.0 Å². The highest BCUT2D eigenvalue weighted by molar-refractivity contribution is 7.89. The zero-order valence-corrected chi connectivity index (χ0v) is 13.9. The number of hydrogen-bond donors (Lipinski definition) is 3. The number of sulfonamides is 1. The Balaban J connectivity index is 1.85. The van der Waals surface area contributed by atoms with Crippen molar-refractivity contribution in [2.24, 2.45) is 0 Å². The average molecular weight is 350 g/mol. The molecule has 128 valence electrons. The number of nitrogens with zero attached hydrogens (tertiary/aromatic N) is 1. The van der Waals surface area contributed by atoms with Crippen LogP contribution in [0, 0.1) is 0 Å². The number of amides is 1. The number of benzene rings is 1. The second-order valence-corrected chi connectivity index (χ2v) is 6.72. The summed E-state index contributed by atoms with van der Waals surface area (Å²) in [4.78, 5) is 22.8. The Bertz CT molecular complexity index is 839. The van der Waals surface area contributed by atoms with Gasteiger partial charge in [0, 0.05) is 19.2 Å². The molecule has 0 atom stereocenters. The zero-order chi connectivity index (χ0) is 17.6. The molecule has 2 aromatic rings. The lowest BCUT2D eigenvalue weighted by Gasteiger charge is -2.08. The number of carbonyl (C=O) groups excluding carboxylic acids is 1. The van der Waals surface area contributed by atoms with Crippen molar-refractivity contribution < 1.29 is 13.2 Å². The summed E-state index contributed by atoms with van der Waals surface area (Å²) in [6.07, 6.45) is 0.832. The van der Waals surface area contributed by atoms with Crippen molar-refractivity contribution in [2.75, 3.05) is 13.1 Å². The van der Waals surface area contributed by atoms with E-state index < -0.39 is 21.5 Å². The number of aromatic amines is 1. The van der Waals surface area contributed by atoms with Gasteiger partial charge < -0.3 is 5.32 Å². The maximum Gasteiger partial charge on any atom is 0.271 e. The summed E-state index contributed by atoms with van der Waals surface area (Å²) in [5, 5.41) is 8.24. The number of nitrogens with one attached hydrogen (secondary N) is 3. The molecule has 0 bridgehead atoms. The van der Waals surface area contributed by atoms with Crippen LogP contribution in [0.3, 0.4) is 0 Å². The van der Waals surface area contributed by atoms with Gasteiger partial charge in [0.1, 0.15) is 5.69 Å². The molecule has 0 radical (unpaired) electrons. The largest absolute Gasteiger partial charge is 0.349 e. The monoisotopic (exact) mass is 350 g/mol. The predicted octanol–water partition coefficient (Wildman–Crippen LogP) is 0.0406. The Morgan fingerprint density at radius 2 is 1.83 bits per heavy atom. The molecule has 0 saturated heterocycles. The van der Waals surface area contributed by atoms with Crippen LogP contribution in [0.5, 0.6) is 0 Å². The molecule has 3 N–H and O–H groups in total. The molecule has 1 amide bonds. The van der Waals surface area contributed by atoms with Crippen LogP contribution in [0.15, 0.2) is 46.1 Å². The van der Waals surface area contributed by atoms with Gasteiger partial charge in [-0.15, -0.1) is 0 Å². The molecule has 0 saturated carbocycles. The fourth-order valence-corrected chi connectivity index (χ4v) is 2.94. The van der Waals surface area contributed by atoms with Gasteiger partial charge in [0.2, 0.25) is 10.0 Å². The standard InChI is InChI=1S/C15H18N4O4S/c1-2-11-3-5-12(6-4-11)24(22,23)17-10-9-16-15(21)13-7-8-14(20)19-18-13/h3-8,17H,2,9-10H2,1H3,(H,16,21)(H,19,20). The van der Waals surface area contributed by atoms with Crippen LogP contribution >= 0.6 is 0 Å². The van der Waals surface area contributed by atoms with E-state index in [0.29, 0.717) is 0 Å². The summed E-state index contributed by atoms with van der Waals surface area (Å²) < 4.78 is 26.6. The Kier molecular flexibility index (Phi) is 5.83. The number of aromatic nitrogens is 2. The smallest absolute Gasteiger partial charge is 0.271 e. The SMILES string of the molecule is CCc1ccc(S(=O)(=O)NCCNC(=O)c2ccc(=O)[nH]n2)cc1. The van der Waals surface area contributed by atoms with E-state index >= 15 is 0 Å². The average Bonchev–Trinajstić information content (AvgIpc) is 2.59. The zero-order valence-electron chi connectivity index (χ0n) is 13.1. The number of aryl methyl sites for hydroxylation is 1. The quantitative estimate of drug-likeness (QED) is 0.609. The van der Waals surface area contributed by atoms with Gasteiger partial charge in [0.05, 0.1) is 4.90 Å². The molecule has 0 aliphatic heterocycles. The minimum atomic E-state index is -3.62. The van der Waals surface area contributed by atoms with E-state index in [4.69, 9.17) is 0 Å². The van der Waals surface area contributed by atoms with Crippen molar-refractivity contribution in [1.82, 2.24) is 20.2 Å². The fraction of sp³-hybridized carbons (Fsp3) is 0.267. The molecule has 24 heavy (non-hydrogen) atoms. The maximum absolute atomic E-state index is 12.1. The Hall–Kier alpha value is -2.52. The molecular formula is C15H18N4O4S. The van der Waals surface area contributed by atoms with E-state index in [2.05, 4.69) is 20.2 Å². The van der Waals surface area contributed by atoms with E-state index in [1.165, 1.54) is 12.1 Å². The molecule has 1 aromatic heterocycles. The normalized spacial score (nSPS) is 11.2. The summed E-state index contributed by atoms with van der Waals surface area (Å²) in [5.74, 6) is -0.502. The second kappa shape index (κ2) is 7.84. The number of carbonyl (C=O) groups is 1. The summed E-state index contributed by atoms with van der Waals surface area (Å²) in [6.45, 7) is 2.11. The third kappa shape index (κ3) is 4.74. The highest BCUT2D eigenvalue weighted by Crippen LogP contribution is 2.10. The maximum atomic E-state index is 12.1. The summed E-state index contributed by atoms with van der Waals surface area (Å²) >= 11 is 0. The van der Waals surface area contributed by atoms with Gasteiger partial charge in [-0.05, 0) is 30.2 Å². The molecule has 0 fully saturated rings. The minimum Gasteiger partial charge on any atom is -0.349 e. The van der Waals surface area contributed by atoms with Gasteiger partial charge in [-0.1, -0.05) is 19.1 Å². The third-order valence-electron chi connectivity index (χ3n) is 3.26. The van der Waals surface area contributed by atoms with Crippen LogP contribution in [0.1, 0.15) is 23.0 Å². The first-order valence-electron chi connectivity index (χ1n) is 7.35. The summed E-state index contributed by atoms with van der Waals surface area (Å²) in [7, 11) is -3.62. The summed E-state index contributed by atoms with van der Waals surface area (Å²) in [6, 6.07) is 9.09. The molecule has 0 unspecified atom stereocenters. The molecule has 1 aromatic carbocycles. The summed E-state index contributed by atoms with van der Waals surface area (Å²) in [5.41, 5.74) is 0.690. The van der Waals surface area contributed by atoms with E-state index in [9.17, 15) is 18.0 Å². The topological polar surface area (TPSA) is 121 Å². The van der Waals surface area contributed by atoms with Gasteiger partial charge in [-0.2, -0.15) is 5.10 Å². The number of rotatable bonds is 7. The Morgan fingerprint density at radius 3 is 2.42 bits per heavy atom. The highest BCUT2D eigenvalue weighted by atomic mass is 32.2. The van der Waals surface area contributed by atoms with Gasteiger partial charge in [0.25, 0.3) is 11.5 Å². The molecule has 0 aliphatic carbocycles. The van der Waals surface area contributed by atoms with Crippen LogP contribution in [-0.2, 0) is 16.4 Å². The van der Waals surface area contributed by atoms with Crippen molar-refractivity contribution >= 4 is 15.9 Å². The van der Waals surface area contributed by atoms with Gasteiger partial charge in [0.15, 0.2) is 0 Å². The van der Waals surface area contributed by atoms with E-state index in [1.807, 2.05) is 6.92 Å². The number of H-pyrrole nitrogens is 1. The van der Waals surface area contributed by atoms with Crippen LogP contribution in [0.25, 0.3) is 0 Å². The molecular weight excluding hydrogens is 332 g/mol. The molecule has 1 heterocycles. The van der Waals surface area contributed by atoms with Gasteiger partial charge >= 0.3 is 0 Å². The second-order valence-electron chi connectivity index (χ2n) is 4.96. The minimum absolute atomic E-state index is 0.0347. The van der Waals surface area contributed by atoms with Crippen molar-refractivity contribution in [3.63, 3.8) is 0 Å². The van der Waals surface area contributed by atoms with Crippen molar-refractivity contribution in [3.8, 4) is 0 Å². The van der Waals surface area contributed by atoms with Crippen molar-refractivity contribution in [3.05, 3.63) is 58.0 Å². The predicted molar refractivity (Wildman–Crippen MR) is 88.2 cm³/mol. The Morgan fingerprint density at radius 1 is 1.12 bits per heavy atom. The lowest BCUT2D eigenvalue weighted by Crippen LogP contribution is -2.35. The number of hydrogen-bond acceptors (Lipinski definition) is 5. The molecule has 9 heteroatoms. The Labute approximate surface area is 139 Å². The van der Waals surface area contributed by atoms with Crippen LogP contribution in [0.2, 0.25) is 0 Å². The van der Waals surface area contributed by atoms with E-state index in [1.54, 1.807) is 24.3 Å². The van der Waals surface area contributed by atoms with Crippen LogP contribution in [0.4, 0.5) is 0 Å². The lowest BCUT2D eigenvalue weighted by atomic mass is 10.2. The molecule has 0 aliphatic rings. The molecule has 8 nitrogen and oxygen atoms in total. The third-order valence-corrected chi connectivity index (χ3v) is 4.73. The highest BCUT2D eigenvalue weighted by Gasteiger charge is 2.13. The van der Waals surface area contributed by atoms with Crippen molar-refractivity contribution in [1.29, 1.82) is 0 Å². The first kappa shape index (κ1) is 17.8.